The lowest BCUT2D eigenvalue weighted by Crippen LogP contribution is -2.51. The van der Waals surface area contributed by atoms with Gasteiger partial charge in [-0.15, -0.1) is 0 Å². The van der Waals surface area contributed by atoms with Crippen molar-refractivity contribution in [2.45, 2.75) is 39.4 Å². The summed E-state index contributed by atoms with van der Waals surface area (Å²) in [5.41, 5.74) is 1.70. The molecule has 1 aliphatic rings. The molecule has 2 heterocycles. The highest BCUT2D eigenvalue weighted by atomic mass is 16.2. The molecule has 0 unspecified atom stereocenters. The molecule has 2 aromatic rings. The van der Waals surface area contributed by atoms with E-state index in [0.717, 1.165) is 12.0 Å². The van der Waals surface area contributed by atoms with E-state index in [1.807, 2.05) is 48.9 Å². The van der Waals surface area contributed by atoms with Gasteiger partial charge in [-0.3, -0.25) is 9.59 Å². The molecule has 0 radical (unpaired) electrons. The number of hydrogen-bond acceptors (Lipinski definition) is 3. The maximum absolute atomic E-state index is 12.8. The van der Waals surface area contributed by atoms with Gasteiger partial charge in [-0.05, 0) is 17.5 Å². The number of nitrogens with zero attached hydrogens (tertiary/aromatic N) is 3. The van der Waals surface area contributed by atoms with Crippen molar-refractivity contribution in [3.8, 4) is 0 Å². The quantitative estimate of drug-likeness (QED) is 0.839. The Hall–Kier alpha value is -2.63. The van der Waals surface area contributed by atoms with E-state index in [0.29, 0.717) is 25.2 Å². The van der Waals surface area contributed by atoms with Gasteiger partial charge in [0.1, 0.15) is 6.04 Å². The smallest absolute Gasteiger partial charge is 0.255 e. The molecule has 1 aliphatic heterocycles. The van der Waals surface area contributed by atoms with Gasteiger partial charge in [0.25, 0.3) is 5.91 Å². The molecule has 0 fully saturated rings. The summed E-state index contributed by atoms with van der Waals surface area (Å²) < 4.78 is 1.91. The SMILES string of the molecule is CC[C@@H](C)[C@@H](C(=O)NCCn1ccnc1)N1Cc2ccccc2C1=O. The molecule has 0 bridgehead atoms. The zero-order valence-corrected chi connectivity index (χ0v) is 14.7. The van der Waals surface area contributed by atoms with Crippen LogP contribution in [0.25, 0.3) is 0 Å². The van der Waals surface area contributed by atoms with Crippen LogP contribution in [0.5, 0.6) is 0 Å². The summed E-state index contributed by atoms with van der Waals surface area (Å²) in [4.78, 5) is 31.3. The highest BCUT2D eigenvalue weighted by Crippen LogP contribution is 2.28. The summed E-state index contributed by atoms with van der Waals surface area (Å²) >= 11 is 0. The van der Waals surface area contributed by atoms with Crippen LogP contribution in [0.1, 0.15) is 36.2 Å². The molecular weight excluding hydrogens is 316 g/mol. The van der Waals surface area contributed by atoms with E-state index < -0.39 is 6.04 Å². The number of imidazole rings is 1. The van der Waals surface area contributed by atoms with Crippen LogP contribution in [0.4, 0.5) is 0 Å². The maximum atomic E-state index is 12.8. The number of aromatic nitrogens is 2. The molecular formula is C19H24N4O2. The first-order chi connectivity index (χ1) is 12.1. The van der Waals surface area contributed by atoms with Crippen LogP contribution >= 0.6 is 0 Å². The third-order valence-electron chi connectivity index (χ3n) is 4.87. The highest BCUT2D eigenvalue weighted by Gasteiger charge is 2.38. The zero-order chi connectivity index (χ0) is 17.8. The minimum atomic E-state index is -0.451. The molecule has 2 atom stereocenters. The van der Waals surface area contributed by atoms with Gasteiger partial charge in [0.05, 0.1) is 6.33 Å². The number of amides is 2. The molecule has 132 valence electrons. The predicted molar refractivity (Wildman–Crippen MR) is 94.8 cm³/mol. The van der Waals surface area contributed by atoms with Crippen molar-refractivity contribution in [2.75, 3.05) is 6.54 Å². The van der Waals surface area contributed by atoms with Crippen LogP contribution in [0.2, 0.25) is 0 Å². The number of rotatable bonds is 7. The molecule has 6 nitrogen and oxygen atoms in total. The molecule has 6 heteroatoms. The minimum Gasteiger partial charge on any atom is -0.353 e. The number of carbonyl (C=O) groups is 2. The summed E-state index contributed by atoms with van der Waals surface area (Å²) in [6, 6.07) is 7.13. The van der Waals surface area contributed by atoms with Gasteiger partial charge < -0.3 is 14.8 Å². The molecule has 2 amide bonds. The Morgan fingerprint density at radius 2 is 2.16 bits per heavy atom. The van der Waals surface area contributed by atoms with E-state index in [4.69, 9.17) is 0 Å². The van der Waals surface area contributed by atoms with Gasteiger partial charge in [-0.25, -0.2) is 4.98 Å². The second-order valence-corrected chi connectivity index (χ2v) is 6.51. The Balaban J connectivity index is 1.70. The lowest BCUT2D eigenvalue weighted by Gasteiger charge is -2.31. The average Bonchev–Trinajstić information content (AvgIpc) is 3.24. The van der Waals surface area contributed by atoms with Gasteiger partial charge in [-0.1, -0.05) is 38.5 Å². The van der Waals surface area contributed by atoms with E-state index in [-0.39, 0.29) is 17.7 Å². The second kappa shape index (κ2) is 7.51. The molecule has 0 saturated carbocycles. The topological polar surface area (TPSA) is 67.2 Å². The lowest BCUT2D eigenvalue weighted by atomic mass is 9.96. The summed E-state index contributed by atoms with van der Waals surface area (Å²) in [5, 5.41) is 2.98. The Morgan fingerprint density at radius 1 is 1.36 bits per heavy atom. The zero-order valence-electron chi connectivity index (χ0n) is 14.7. The standard InChI is InChI=1S/C19H24N4O2/c1-3-14(2)17(18(24)21-9-11-22-10-8-20-13-22)23-12-15-6-4-5-7-16(15)19(23)25/h4-8,10,13-14,17H,3,9,11-12H2,1-2H3,(H,21,24)/t14-,17+/m1/s1. The average molecular weight is 340 g/mol. The van der Waals surface area contributed by atoms with Crippen LogP contribution in [-0.2, 0) is 17.9 Å². The summed E-state index contributed by atoms with van der Waals surface area (Å²) in [6.45, 7) is 5.74. The summed E-state index contributed by atoms with van der Waals surface area (Å²) in [7, 11) is 0. The summed E-state index contributed by atoms with van der Waals surface area (Å²) in [5.74, 6) is -0.0483. The molecule has 25 heavy (non-hydrogen) atoms. The molecule has 0 aliphatic carbocycles. The van der Waals surface area contributed by atoms with Crippen molar-refractivity contribution in [1.29, 1.82) is 0 Å². The monoisotopic (exact) mass is 340 g/mol. The van der Waals surface area contributed by atoms with Crippen molar-refractivity contribution < 1.29 is 9.59 Å². The van der Waals surface area contributed by atoms with E-state index >= 15 is 0 Å². The largest absolute Gasteiger partial charge is 0.353 e. The first-order valence-corrected chi connectivity index (χ1v) is 8.74. The van der Waals surface area contributed by atoms with Crippen LogP contribution in [0.3, 0.4) is 0 Å². The first-order valence-electron chi connectivity index (χ1n) is 8.74. The Morgan fingerprint density at radius 3 is 2.84 bits per heavy atom. The number of hydrogen-bond donors (Lipinski definition) is 1. The van der Waals surface area contributed by atoms with Gasteiger partial charge in [0, 0.05) is 37.6 Å². The molecule has 0 saturated heterocycles. The van der Waals surface area contributed by atoms with Crippen LogP contribution in [0.15, 0.2) is 43.0 Å². The Labute approximate surface area is 147 Å². The van der Waals surface area contributed by atoms with Crippen molar-refractivity contribution in [3.05, 3.63) is 54.1 Å². The minimum absolute atomic E-state index is 0.0503. The summed E-state index contributed by atoms with van der Waals surface area (Å²) in [6.07, 6.45) is 6.13. The van der Waals surface area contributed by atoms with E-state index in [2.05, 4.69) is 10.3 Å². The first kappa shape index (κ1) is 17.2. The van der Waals surface area contributed by atoms with Crippen molar-refractivity contribution >= 4 is 11.8 Å². The van der Waals surface area contributed by atoms with Crippen molar-refractivity contribution in [2.24, 2.45) is 5.92 Å². The number of carbonyl (C=O) groups excluding carboxylic acids is 2. The third-order valence-corrected chi connectivity index (χ3v) is 4.87. The molecule has 1 aromatic heterocycles. The molecule has 0 spiro atoms. The van der Waals surface area contributed by atoms with Crippen LogP contribution in [-0.4, -0.2) is 38.9 Å². The van der Waals surface area contributed by atoms with Crippen molar-refractivity contribution in [1.82, 2.24) is 19.8 Å². The Kier molecular flexibility index (Phi) is 5.16. The normalized spacial score (nSPS) is 15.8. The fraction of sp³-hybridized carbons (Fsp3) is 0.421. The van der Waals surface area contributed by atoms with Gasteiger partial charge in [0.2, 0.25) is 5.91 Å². The number of nitrogens with one attached hydrogen (secondary N) is 1. The van der Waals surface area contributed by atoms with Gasteiger partial charge >= 0.3 is 0 Å². The maximum Gasteiger partial charge on any atom is 0.255 e. The lowest BCUT2D eigenvalue weighted by molar-refractivity contribution is -0.127. The molecule has 1 aromatic carbocycles. The fourth-order valence-corrected chi connectivity index (χ4v) is 3.26. The van der Waals surface area contributed by atoms with Crippen molar-refractivity contribution in [3.63, 3.8) is 0 Å². The predicted octanol–water partition coefficient (Wildman–Crippen LogP) is 2.07. The van der Waals surface area contributed by atoms with Gasteiger partial charge in [-0.2, -0.15) is 0 Å². The Bertz CT molecular complexity index is 742. The number of benzene rings is 1. The van der Waals surface area contributed by atoms with E-state index in [1.54, 1.807) is 17.4 Å². The molecule has 1 N–H and O–H groups in total. The van der Waals surface area contributed by atoms with Crippen LogP contribution < -0.4 is 5.32 Å². The number of fused-ring (bicyclic) bond motifs is 1. The second-order valence-electron chi connectivity index (χ2n) is 6.51. The fourth-order valence-electron chi connectivity index (χ4n) is 3.26. The van der Waals surface area contributed by atoms with Crippen LogP contribution in [0, 0.1) is 5.92 Å². The third kappa shape index (κ3) is 3.57. The highest BCUT2D eigenvalue weighted by molar-refractivity contribution is 6.01. The van der Waals surface area contributed by atoms with E-state index in [9.17, 15) is 9.59 Å². The van der Waals surface area contributed by atoms with Gasteiger partial charge in [0.15, 0.2) is 0 Å². The van der Waals surface area contributed by atoms with E-state index in [1.165, 1.54) is 0 Å². The molecule has 3 rings (SSSR count).